The summed E-state index contributed by atoms with van der Waals surface area (Å²) in [5.74, 6) is -1.29. The minimum atomic E-state index is -1.09. The molecule has 4 atom stereocenters. The molecule has 0 radical (unpaired) electrons. The van der Waals surface area contributed by atoms with Crippen molar-refractivity contribution in [3.8, 4) is 0 Å². The number of nitrogens with one attached hydrogen (secondary N) is 2. The van der Waals surface area contributed by atoms with Crippen molar-refractivity contribution in [2.45, 2.75) is 35.0 Å². The first-order chi connectivity index (χ1) is 10.9. The first-order valence-electron chi connectivity index (χ1n) is 7.26. The fraction of sp³-hybridized carbons (Fsp3) is 0.400. The van der Waals surface area contributed by atoms with Crippen molar-refractivity contribution in [2.75, 3.05) is 5.32 Å². The quantitative estimate of drug-likeness (QED) is 0.719. The Morgan fingerprint density at radius 3 is 2.70 bits per heavy atom. The monoisotopic (exact) mass is 333 g/mol. The number of amides is 3. The predicted octanol–water partition coefficient (Wildman–Crippen LogP) is 1.08. The van der Waals surface area contributed by atoms with Crippen molar-refractivity contribution in [1.82, 2.24) is 10.2 Å². The molecule has 2 aliphatic heterocycles. The SMILES string of the molecule is CC12CC1(C(=O)O)N1C(=O)C(NC(=O)Nc3ccccc3)[C@@H]1S2. The van der Waals surface area contributed by atoms with E-state index < -0.39 is 28.3 Å². The molecule has 1 aromatic rings. The number of carbonyl (C=O) groups excluding carboxylic acids is 2. The molecule has 4 rings (SSSR count). The van der Waals surface area contributed by atoms with Crippen molar-refractivity contribution < 1.29 is 19.5 Å². The van der Waals surface area contributed by atoms with Crippen molar-refractivity contribution in [3.05, 3.63) is 30.3 Å². The van der Waals surface area contributed by atoms with Gasteiger partial charge in [0.1, 0.15) is 11.4 Å². The number of thioether (sulfide) groups is 1. The van der Waals surface area contributed by atoms with Crippen LogP contribution in [0.4, 0.5) is 10.5 Å². The molecule has 7 nitrogen and oxygen atoms in total. The molecule has 23 heavy (non-hydrogen) atoms. The van der Waals surface area contributed by atoms with E-state index in [1.165, 1.54) is 16.7 Å². The highest BCUT2D eigenvalue weighted by molar-refractivity contribution is 8.02. The van der Waals surface area contributed by atoms with Gasteiger partial charge in [-0.1, -0.05) is 18.2 Å². The van der Waals surface area contributed by atoms with Gasteiger partial charge in [0, 0.05) is 12.1 Å². The topological polar surface area (TPSA) is 98.7 Å². The van der Waals surface area contributed by atoms with Crippen molar-refractivity contribution in [3.63, 3.8) is 0 Å². The van der Waals surface area contributed by atoms with Crippen LogP contribution in [0.25, 0.3) is 0 Å². The normalized spacial score (nSPS) is 36.6. The summed E-state index contributed by atoms with van der Waals surface area (Å²) in [5.41, 5.74) is -0.461. The summed E-state index contributed by atoms with van der Waals surface area (Å²) < 4.78 is -0.453. The number of nitrogens with zero attached hydrogens (tertiary/aromatic N) is 1. The largest absolute Gasteiger partial charge is 0.479 e. The number of urea groups is 1. The van der Waals surface area contributed by atoms with Gasteiger partial charge < -0.3 is 20.6 Å². The Labute approximate surface area is 136 Å². The van der Waals surface area contributed by atoms with Gasteiger partial charge in [0.05, 0.1) is 4.75 Å². The minimum Gasteiger partial charge on any atom is -0.479 e. The van der Waals surface area contributed by atoms with Gasteiger partial charge in [-0.3, -0.25) is 4.79 Å². The van der Waals surface area contributed by atoms with Crippen LogP contribution >= 0.6 is 11.8 Å². The van der Waals surface area contributed by atoms with Crippen LogP contribution < -0.4 is 10.6 Å². The molecular formula is C15H15N3O4S. The van der Waals surface area contributed by atoms with Gasteiger partial charge in [0.15, 0.2) is 5.54 Å². The standard InChI is InChI=1S/C15H15N3O4S/c1-14-7-15(14,12(20)21)18-10(19)9(11(18)23-14)17-13(22)16-8-5-3-2-4-6-8/h2-6,9,11H,7H2,1H3,(H,20,21)(H2,16,17,22)/t9?,11-,14?,15?/m0/s1. The summed E-state index contributed by atoms with van der Waals surface area (Å²) in [6.07, 6.45) is 0.463. The molecule has 8 heteroatoms. The Kier molecular flexibility index (Phi) is 2.76. The summed E-state index contributed by atoms with van der Waals surface area (Å²) in [7, 11) is 0. The molecule has 3 fully saturated rings. The number of para-hydroxylation sites is 1. The number of benzene rings is 1. The van der Waals surface area contributed by atoms with Crippen LogP contribution in [0.2, 0.25) is 0 Å². The molecular weight excluding hydrogens is 318 g/mol. The Morgan fingerprint density at radius 1 is 1.35 bits per heavy atom. The lowest BCUT2D eigenvalue weighted by Crippen LogP contribution is -2.72. The number of carboxylic acid groups (broad SMARTS) is 1. The number of hydrogen-bond acceptors (Lipinski definition) is 4. The van der Waals surface area contributed by atoms with E-state index in [0.29, 0.717) is 12.1 Å². The summed E-state index contributed by atoms with van der Waals surface area (Å²) >= 11 is 1.46. The fourth-order valence-corrected chi connectivity index (χ4v) is 5.46. The molecule has 120 valence electrons. The van der Waals surface area contributed by atoms with E-state index in [1.54, 1.807) is 24.3 Å². The predicted molar refractivity (Wildman–Crippen MR) is 84.0 cm³/mol. The summed E-state index contributed by atoms with van der Waals surface area (Å²) in [5, 5.41) is 14.5. The van der Waals surface area contributed by atoms with Crippen molar-refractivity contribution in [1.29, 1.82) is 0 Å². The lowest BCUT2D eigenvalue weighted by molar-refractivity contribution is -0.162. The first kappa shape index (κ1) is 14.4. The van der Waals surface area contributed by atoms with Gasteiger partial charge in [0.25, 0.3) is 0 Å². The number of carbonyl (C=O) groups is 3. The van der Waals surface area contributed by atoms with E-state index in [9.17, 15) is 19.5 Å². The maximum atomic E-state index is 12.3. The molecule has 2 saturated heterocycles. The lowest BCUT2D eigenvalue weighted by Gasteiger charge is -2.45. The van der Waals surface area contributed by atoms with Crippen molar-refractivity contribution >= 4 is 35.4 Å². The number of β-lactam (4-membered cyclic amide) rings is 1. The molecule has 0 aromatic heterocycles. The first-order valence-corrected chi connectivity index (χ1v) is 8.14. The van der Waals surface area contributed by atoms with E-state index in [4.69, 9.17) is 0 Å². The second kappa shape index (κ2) is 4.41. The molecule has 3 unspecified atom stereocenters. The summed E-state index contributed by atoms with van der Waals surface area (Å²) in [6.45, 7) is 1.86. The summed E-state index contributed by atoms with van der Waals surface area (Å²) in [4.78, 5) is 37.3. The van der Waals surface area contributed by atoms with Crippen molar-refractivity contribution in [2.24, 2.45) is 0 Å². The van der Waals surface area contributed by atoms with Crippen LogP contribution in [0.15, 0.2) is 30.3 Å². The van der Waals surface area contributed by atoms with Crippen LogP contribution in [0.5, 0.6) is 0 Å². The van der Waals surface area contributed by atoms with Gasteiger partial charge in [-0.15, -0.1) is 11.8 Å². The Balaban J connectivity index is 1.44. The van der Waals surface area contributed by atoms with Crippen LogP contribution in [0.1, 0.15) is 13.3 Å². The molecule has 3 amide bonds. The lowest BCUT2D eigenvalue weighted by atomic mass is 10.0. The fourth-order valence-electron chi connectivity index (χ4n) is 3.55. The maximum Gasteiger partial charge on any atom is 0.331 e. The molecule has 1 aliphatic carbocycles. The zero-order valence-electron chi connectivity index (χ0n) is 12.3. The molecule has 0 bridgehead atoms. The Bertz CT molecular complexity index is 727. The molecule has 0 spiro atoms. The average molecular weight is 333 g/mol. The molecule has 3 aliphatic rings. The second-order valence-corrected chi connectivity index (χ2v) is 7.85. The van der Waals surface area contributed by atoms with Gasteiger partial charge in [-0.05, 0) is 19.1 Å². The highest BCUT2D eigenvalue weighted by Crippen LogP contribution is 2.71. The zero-order valence-corrected chi connectivity index (χ0v) is 13.1. The second-order valence-electron chi connectivity index (χ2n) is 6.23. The van der Waals surface area contributed by atoms with Crippen LogP contribution in [-0.2, 0) is 9.59 Å². The Morgan fingerprint density at radius 2 is 2.04 bits per heavy atom. The number of rotatable bonds is 3. The number of hydrogen-bond donors (Lipinski definition) is 3. The number of carboxylic acids is 1. The van der Waals surface area contributed by atoms with E-state index in [2.05, 4.69) is 10.6 Å². The maximum absolute atomic E-state index is 12.3. The van der Waals surface area contributed by atoms with Gasteiger partial charge in [-0.2, -0.15) is 0 Å². The van der Waals surface area contributed by atoms with Crippen LogP contribution in [-0.4, -0.2) is 49.6 Å². The van der Waals surface area contributed by atoms with Gasteiger partial charge in [-0.25, -0.2) is 9.59 Å². The van der Waals surface area contributed by atoms with Gasteiger partial charge in [0.2, 0.25) is 5.91 Å². The molecule has 1 saturated carbocycles. The third kappa shape index (κ3) is 1.75. The van der Waals surface area contributed by atoms with E-state index in [1.807, 2.05) is 13.0 Å². The third-order valence-electron chi connectivity index (χ3n) is 4.85. The third-order valence-corrected chi connectivity index (χ3v) is 6.58. The highest BCUT2D eigenvalue weighted by Gasteiger charge is 2.85. The van der Waals surface area contributed by atoms with E-state index in [0.717, 1.165) is 0 Å². The van der Waals surface area contributed by atoms with Crippen LogP contribution in [0.3, 0.4) is 0 Å². The smallest absolute Gasteiger partial charge is 0.331 e. The number of aliphatic carboxylic acids is 1. The zero-order chi connectivity index (χ0) is 16.4. The molecule has 3 N–H and O–H groups in total. The molecule has 1 aromatic carbocycles. The average Bonchev–Trinajstić information content (AvgIpc) is 3.04. The van der Waals surface area contributed by atoms with Gasteiger partial charge >= 0.3 is 12.0 Å². The minimum absolute atomic E-state index is 0.307. The van der Waals surface area contributed by atoms with E-state index in [-0.39, 0.29) is 11.3 Å². The molecule has 2 heterocycles. The highest BCUT2D eigenvalue weighted by atomic mass is 32.2. The van der Waals surface area contributed by atoms with Crippen LogP contribution in [0, 0.1) is 0 Å². The van der Waals surface area contributed by atoms with E-state index >= 15 is 0 Å². The number of anilines is 1. The summed E-state index contributed by atoms with van der Waals surface area (Å²) in [6, 6.07) is 7.77. The Hall–Kier alpha value is -2.22. The number of fused-ring (bicyclic) bond motifs is 3.